The van der Waals surface area contributed by atoms with E-state index in [2.05, 4.69) is 15.3 Å². The average Bonchev–Trinajstić information content (AvgIpc) is 2.98. The van der Waals surface area contributed by atoms with Crippen LogP contribution in [0.1, 0.15) is 21.6 Å². The number of rotatable bonds is 5. The Bertz CT molecular complexity index is 970. The number of nitrogens with zero attached hydrogens (tertiary/aromatic N) is 3. The summed E-state index contributed by atoms with van der Waals surface area (Å²) in [6.07, 6.45) is 3.38. The van der Waals surface area contributed by atoms with Crippen LogP contribution in [-0.4, -0.2) is 34.5 Å². The standard InChI is InChI=1S/C19H21N5O2/c1-13-11-22-19(26)24(13)16-6-4-15(5-7-16)18(25)21-12-14-8-9-20-17(10-14)23(2)3/h4-11H,12H2,1-3H3,(H,21,25)(H,22,26). The first kappa shape index (κ1) is 17.5. The van der Waals surface area contributed by atoms with Crippen LogP contribution in [0.25, 0.3) is 5.69 Å². The molecule has 0 saturated carbocycles. The van der Waals surface area contributed by atoms with E-state index in [1.807, 2.05) is 38.1 Å². The molecule has 7 heteroatoms. The normalized spacial score (nSPS) is 10.6. The topological polar surface area (TPSA) is 83.0 Å². The van der Waals surface area contributed by atoms with Crippen LogP contribution in [0, 0.1) is 6.92 Å². The molecule has 1 aromatic carbocycles. The molecule has 2 aromatic heterocycles. The molecule has 0 aliphatic carbocycles. The molecule has 26 heavy (non-hydrogen) atoms. The van der Waals surface area contributed by atoms with E-state index in [9.17, 15) is 9.59 Å². The molecule has 0 unspecified atom stereocenters. The van der Waals surface area contributed by atoms with Crippen molar-refractivity contribution in [1.82, 2.24) is 19.9 Å². The molecule has 2 N–H and O–H groups in total. The summed E-state index contributed by atoms with van der Waals surface area (Å²) in [5, 5.41) is 2.90. The Hall–Kier alpha value is -3.35. The van der Waals surface area contributed by atoms with Crippen molar-refractivity contribution in [2.45, 2.75) is 13.5 Å². The molecule has 0 radical (unpaired) electrons. The van der Waals surface area contributed by atoms with Gasteiger partial charge in [0.25, 0.3) is 5.91 Å². The fraction of sp³-hybridized carbons (Fsp3) is 0.211. The van der Waals surface area contributed by atoms with Crippen LogP contribution in [0.5, 0.6) is 0 Å². The van der Waals surface area contributed by atoms with E-state index < -0.39 is 0 Å². The minimum absolute atomic E-state index is 0.169. The van der Waals surface area contributed by atoms with Crippen LogP contribution in [0.15, 0.2) is 53.6 Å². The van der Waals surface area contributed by atoms with Gasteiger partial charge in [-0.3, -0.25) is 9.36 Å². The maximum absolute atomic E-state index is 12.4. The second-order valence-corrected chi connectivity index (χ2v) is 6.22. The summed E-state index contributed by atoms with van der Waals surface area (Å²) in [6, 6.07) is 10.7. The summed E-state index contributed by atoms with van der Waals surface area (Å²) < 4.78 is 1.56. The lowest BCUT2D eigenvalue weighted by Crippen LogP contribution is -2.23. The third-order valence-corrected chi connectivity index (χ3v) is 4.07. The fourth-order valence-corrected chi connectivity index (χ4v) is 2.64. The van der Waals surface area contributed by atoms with Gasteiger partial charge < -0.3 is 15.2 Å². The first-order valence-corrected chi connectivity index (χ1v) is 8.23. The molecule has 2 heterocycles. The molecular formula is C19H21N5O2. The van der Waals surface area contributed by atoms with Gasteiger partial charge in [0.2, 0.25) is 0 Å². The average molecular weight is 351 g/mol. The lowest BCUT2D eigenvalue weighted by Gasteiger charge is -2.12. The number of pyridine rings is 1. The Morgan fingerprint density at radius 3 is 2.58 bits per heavy atom. The lowest BCUT2D eigenvalue weighted by molar-refractivity contribution is 0.0951. The predicted octanol–water partition coefficient (Wildman–Crippen LogP) is 1.87. The van der Waals surface area contributed by atoms with E-state index in [1.165, 1.54) is 0 Å². The quantitative estimate of drug-likeness (QED) is 0.735. The molecule has 0 spiro atoms. The lowest BCUT2D eigenvalue weighted by atomic mass is 10.2. The molecule has 0 fully saturated rings. The Morgan fingerprint density at radius 2 is 1.96 bits per heavy atom. The van der Waals surface area contributed by atoms with Gasteiger partial charge in [-0.05, 0) is 48.9 Å². The highest BCUT2D eigenvalue weighted by molar-refractivity contribution is 5.94. The third-order valence-electron chi connectivity index (χ3n) is 4.07. The number of aromatic amines is 1. The van der Waals surface area contributed by atoms with E-state index in [0.29, 0.717) is 12.1 Å². The molecule has 0 saturated heterocycles. The summed E-state index contributed by atoms with van der Waals surface area (Å²) in [7, 11) is 3.84. The molecule has 1 amide bonds. The molecule has 7 nitrogen and oxygen atoms in total. The van der Waals surface area contributed by atoms with Crippen molar-refractivity contribution in [1.29, 1.82) is 0 Å². The highest BCUT2D eigenvalue weighted by Crippen LogP contribution is 2.12. The Kier molecular flexibility index (Phi) is 4.88. The SMILES string of the molecule is Cc1c[nH]c(=O)n1-c1ccc(C(=O)NCc2ccnc(N(C)C)c2)cc1. The molecule has 3 rings (SSSR count). The minimum Gasteiger partial charge on any atom is -0.363 e. The maximum Gasteiger partial charge on any atom is 0.330 e. The van der Waals surface area contributed by atoms with Gasteiger partial charge in [0.1, 0.15) is 5.82 Å². The zero-order chi connectivity index (χ0) is 18.7. The van der Waals surface area contributed by atoms with Crippen LogP contribution in [0.4, 0.5) is 5.82 Å². The van der Waals surface area contributed by atoms with Crippen LogP contribution in [0.3, 0.4) is 0 Å². The van der Waals surface area contributed by atoms with Crippen molar-refractivity contribution in [2.75, 3.05) is 19.0 Å². The van der Waals surface area contributed by atoms with Crippen LogP contribution in [-0.2, 0) is 6.54 Å². The smallest absolute Gasteiger partial charge is 0.330 e. The van der Waals surface area contributed by atoms with Gasteiger partial charge in [0.05, 0.1) is 5.69 Å². The fourth-order valence-electron chi connectivity index (χ4n) is 2.64. The first-order valence-electron chi connectivity index (χ1n) is 8.23. The molecule has 0 aliphatic heterocycles. The van der Waals surface area contributed by atoms with E-state index in [0.717, 1.165) is 22.8 Å². The monoisotopic (exact) mass is 351 g/mol. The number of imidazole rings is 1. The Labute approximate surface area is 151 Å². The van der Waals surface area contributed by atoms with Crippen LogP contribution < -0.4 is 15.9 Å². The second kappa shape index (κ2) is 7.26. The molecule has 134 valence electrons. The summed E-state index contributed by atoms with van der Waals surface area (Å²) in [5.41, 5.74) is 2.84. The van der Waals surface area contributed by atoms with Gasteiger partial charge in [-0.1, -0.05) is 0 Å². The van der Waals surface area contributed by atoms with Crippen molar-refractivity contribution in [3.8, 4) is 5.69 Å². The molecule has 3 aromatic rings. The van der Waals surface area contributed by atoms with Crippen LogP contribution >= 0.6 is 0 Å². The summed E-state index contributed by atoms with van der Waals surface area (Å²) in [4.78, 5) is 33.0. The number of hydrogen-bond donors (Lipinski definition) is 2. The number of aryl methyl sites for hydroxylation is 1. The van der Waals surface area contributed by atoms with Crippen molar-refractivity contribution >= 4 is 11.7 Å². The highest BCUT2D eigenvalue weighted by Gasteiger charge is 2.09. The maximum atomic E-state index is 12.4. The van der Waals surface area contributed by atoms with Crippen molar-refractivity contribution in [3.63, 3.8) is 0 Å². The number of amides is 1. The summed E-state index contributed by atoms with van der Waals surface area (Å²) >= 11 is 0. The molecule has 0 atom stereocenters. The number of anilines is 1. The number of carbonyl (C=O) groups is 1. The molecule has 0 bridgehead atoms. The zero-order valence-corrected chi connectivity index (χ0v) is 15.0. The largest absolute Gasteiger partial charge is 0.363 e. The van der Waals surface area contributed by atoms with Crippen molar-refractivity contribution in [2.24, 2.45) is 0 Å². The van der Waals surface area contributed by atoms with Gasteiger partial charge in [-0.15, -0.1) is 0 Å². The number of carbonyl (C=O) groups excluding carboxylic acids is 1. The predicted molar refractivity (Wildman–Crippen MR) is 101 cm³/mol. The van der Waals surface area contributed by atoms with Crippen molar-refractivity contribution < 1.29 is 4.79 Å². The van der Waals surface area contributed by atoms with Crippen molar-refractivity contribution in [3.05, 3.63) is 76.1 Å². The molecular weight excluding hydrogens is 330 g/mol. The van der Waals surface area contributed by atoms with E-state index in [1.54, 1.807) is 41.2 Å². The zero-order valence-electron chi connectivity index (χ0n) is 15.0. The van der Waals surface area contributed by atoms with Gasteiger partial charge in [-0.2, -0.15) is 0 Å². The third kappa shape index (κ3) is 3.66. The van der Waals surface area contributed by atoms with Gasteiger partial charge in [-0.25, -0.2) is 9.78 Å². The number of H-pyrrole nitrogens is 1. The van der Waals surface area contributed by atoms with E-state index in [4.69, 9.17) is 0 Å². The van der Waals surface area contributed by atoms with E-state index >= 15 is 0 Å². The number of aromatic nitrogens is 3. The minimum atomic E-state index is -0.200. The second-order valence-electron chi connectivity index (χ2n) is 6.22. The Morgan fingerprint density at radius 1 is 1.23 bits per heavy atom. The number of benzene rings is 1. The van der Waals surface area contributed by atoms with Crippen LogP contribution in [0.2, 0.25) is 0 Å². The number of nitrogens with one attached hydrogen (secondary N) is 2. The highest BCUT2D eigenvalue weighted by atomic mass is 16.2. The van der Waals surface area contributed by atoms with Gasteiger partial charge >= 0.3 is 5.69 Å². The first-order chi connectivity index (χ1) is 12.5. The molecule has 0 aliphatic rings. The summed E-state index contributed by atoms with van der Waals surface area (Å²) in [5.74, 6) is 0.673. The van der Waals surface area contributed by atoms with E-state index in [-0.39, 0.29) is 11.6 Å². The summed E-state index contributed by atoms with van der Waals surface area (Å²) in [6.45, 7) is 2.26. The number of hydrogen-bond acceptors (Lipinski definition) is 4. The Balaban J connectivity index is 1.69. The van der Waals surface area contributed by atoms with Gasteiger partial charge in [0.15, 0.2) is 0 Å². The van der Waals surface area contributed by atoms with Gasteiger partial charge in [0, 0.05) is 44.3 Å².